The van der Waals surface area contributed by atoms with E-state index < -0.39 is 17.7 Å². The molecule has 0 aliphatic heterocycles. The lowest BCUT2D eigenvalue weighted by Gasteiger charge is -2.15. The summed E-state index contributed by atoms with van der Waals surface area (Å²) in [7, 11) is 1.51. The molecule has 0 atom stereocenters. The fraction of sp³-hybridized carbons (Fsp3) is 0.167. The van der Waals surface area contributed by atoms with Crippen LogP contribution in [0.3, 0.4) is 0 Å². The van der Waals surface area contributed by atoms with E-state index in [1.54, 1.807) is 0 Å². The van der Waals surface area contributed by atoms with Crippen LogP contribution in [-0.2, 0) is 0 Å². The van der Waals surface area contributed by atoms with Crippen LogP contribution in [0.2, 0.25) is 0 Å². The number of benzene rings is 1. The van der Waals surface area contributed by atoms with Crippen LogP contribution >= 0.6 is 0 Å². The minimum Gasteiger partial charge on any atom is -0.507 e. The Morgan fingerprint density at radius 2 is 2.17 bits per heavy atom. The van der Waals surface area contributed by atoms with Gasteiger partial charge in [-0.3, -0.25) is 0 Å². The number of hydrogen-bond donors (Lipinski definition) is 3. The van der Waals surface area contributed by atoms with Gasteiger partial charge in [0.25, 0.3) is 0 Å². The molecule has 1 rings (SSSR count). The molecule has 3 N–H and O–H groups in total. The average molecular weight is 248 g/mol. The maximum atomic E-state index is 11.6. The summed E-state index contributed by atoms with van der Waals surface area (Å²) in [6.45, 7) is 0.144. The number of phenols is 1. The molecule has 0 aromatic heterocycles. The normalized spacial score (nSPS) is 9.33. The number of nitrogens with zero attached hydrogens (tertiary/aromatic N) is 1. The van der Waals surface area contributed by atoms with E-state index in [9.17, 15) is 14.7 Å². The Morgan fingerprint density at radius 1 is 1.50 bits per heavy atom. The predicted octanol–water partition coefficient (Wildman–Crippen LogP) is 1.19. The van der Waals surface area contributed by atoms with E-state index in [1.807, 2.05) is 0 Å². The standard InChI is InChI=1S/C12H12N2O4/c1-3-6-14(2)12(18)13-8-4-5-9(11(16)17)10(15)7-8/h1,4-5,7,15H,6H2,2H3,(H,13,18)(H,16,17). The topological polar surface area (TPSA) is 89.9 Å². The third kappa shape index (κ3) is 3.15. The quantitative estimate of drug-likeness (QED) is 0.701. The van der Waals surface area contributed by atoms with Gasteiger partial charge in [0.1, 0.15) is 11.3 Å². The number of amides is 2. The molecule has 1 aromatic carbocycles. The number of rotatable bonds is 3. The Balaban J connectivity index is 2.81. The van der Waals surface area contributed by atoms with E-state index in [2.05, 4.69) is 11.2 Å². The van der Waals surface area contributed by atoms with Crippen LogP contribution < -0.4 is 5.32 Å². The number of carbonyl (C=O) groups is 2. The highest BCUT2D eigenvalue weighted by Gasteiger charge is 2.12. The molecule has 0 spiro atoms. The Morgan fingerprint density at radius 3 is 2.67 bits per heavy atom. The van der Waals surface area contributed by atoms with E-state index >= 15 is 0 Å². The van der Waals surface area contributed by atoms with Crippen LogP contribution in [0.15, 0.2) is 18.2 Å². The summed E-state index contributed by atoms with van der Waals surface area (Å²) >= 11 is 0. The summed E-state index contributed by atoms with van der Waals surface area (Å²) in [5.41, 5.74) is 0.0522. The number of terminal acetylenes is 1. The van der Waals surface area contributed by atoms with Crippen LogP contribution in [-0.4, -0.2) is 40.7 Å². The number of carboxylic acid groups (broad SMARTS) is 1. The van der Waals surface area contributed by atoms with E-state index in [0.29, 0.717) is 0 Å². The van der Waals surface area contributed by atoms with Crippen molar-refractivity contribution in [3.8, 4) is 18.1 Å². The number of aromatic hydroxyl groups is 1. The highest BCUT2D eigenvalue weighted by Crippen LogP contribution is 2.22. The van der Waals surface area contributed by atoms with Gasteiger partial charge in [0, 0.05) is 18.8 Å². The summed E-state index contributed by atoms with van der Waals surface area (Å²) < 4.78 is 0. The second kappa shape index (κ2) is 5.59. The van der Waals surface area contributed by atoms with Crippen LogP contribution in [0.1, 0.15) is 10.4 Å². The molecular formula is C12H12N2O4. The summed E-state index contributed by atoms with van der Waals surface area (Å²) in [6.07, 6.45) is 5.06. The van der Waals surface area contributed by atoms with Gasteiger partial charge in [0.15, 0.2) is 0 Å². The molecule has 1 aromatic rings. The van der Waals surface area contributed by atoms with Gasteiger partial charge in [0.2, 0.25) is 0 Å². The number of hydrogen-bond acceptors (Lipinski definition) is 3. The van der Waals surface area contributed by atoms with Crippen molar-refractivity contribution in [3.05, 3.63) is 23.8 Å². The van der Waals surface area contributed by atoms with Crippen LogP contribution in [0.25, 0.3) is 0 Å². The predicted molar refractivity (Wildman–Crippen MR) is 65.5 cm³/mol. The van der Waals surface area contributed by atoms with Crippen molar-refractivity contribution in [3.63, 3.8) is 0 Å². The van der Waals surface area contributed by atoms with Gasteiger partial charge in [0.05, 0.1) is 6.54 Å². The molecule has 0 saturated heterocycles. The Labute approximate surface area is 104 Å². The van der Waals surface area contributed by atoms with Gasteiger partial charge in [-0.1, -0.05) is 5.92 Å². The smallest absolute Gasteiger partial charge is 0.339 e. The molecule has 0 radical (unpaired) electrons. The van der Waals surface area contributed by atoms with Crippen molar-refractivity contribution >= 4 is 17.7 Å². The minimum absolute atomic E-state index is 0.144. The fourth-order valence-corrected chi connectivity index (χ4v) is 1.22. The number of urea groups is 1. The number of nitrogens with one attached hydrogen (secondary N) is 1. The van der Waals surface area contributed by atoms with E-state index in [1.165, 1.54) is 24.1 Å². The van der Waals surface area contributed by atoms with Crippen molar-refractivity contribution in [1.82, 2.24) is 4.90 Å². The highest BCUT2D eigenvalue weighted by molar-refractivity contribution is 5.93. The zero-order chi connectivity index (χ0) is 13.7. The molecule has 0 aliphatic carbocycles. The monoisotopic (exact) mass is 248 g/mol. The first-order chi connectivity index (χ1) is 8.45. The van der Waals surface area contributed by atoms with Gasteiger partial charge in [-0.15, -0.1) is 6.42 Å². The lowest BCUT2D eigenvalue weighted by Crippen LogP contribution is -2.31. The molecule has 0 heterocycles. The highest BCUT2D eigenvalue weighted by atomic mass is 16.4. The molecule has 0 bridgehead atoms. The van der Waals surface area contributed by atoms with Gasteiger partial charge in [-0.25, -0.2) is 9.59 Å². The van der Waals surface area contributed by atoms with Gasteiger partial charge in [-0.05, 0) is 12.1 Å². The molecule has 0 unspecified atom stereocenters. The van der Waals surface area contributed by atoms with Crippen LogP contribution in [0, 0.1) is 12.3 Å². The Kier molecular flexibility index (Phi) is 4.16. The van der Waals surface area contributed by atoms with Crippen molar-refractivity contribution in [2.75, 3.05) is 18.9 Å². The van der Waals surface area contributed by atoms with Gasteiger partial charge < -0.3 is 20.4 Å². The first kappa shape index (κ1) is 13.4. The second-order valence-corrected chi connectivity index (χ2v) is 3.53. The van der Waals surface area contributed by atoms with E-state index in [-0.39, 0.29) is 17.8 Å². The molecule has 0 aliphatic rings. The fourth-order valence-electron chi connectivity index (χ4n) is 1.22. The number of anilines is 1. The third-order valence-electron chi connectivity index (χ3n) is 2.15. The van der Waals surface area contributed by atoms with Gasteiger partial charge in [-0.2, -0.15) is 0 Å². The summed E-state index contributed by atoms with van der Waals surface area (Å²) in [6, 6.07) is 3.29. The molecule has 6 nitrogen and oxygen atoms in total. The van der Waals surface area contributed by atoms with Gasteiger partial charge >= 0.3 is 12.0 Å². The summed E-state index contributed by atoms with van der Waals surface area (Å²) in [4.78, 5) is 23.5. The first-order valence-corrected chi connectivity index (χ1v) is 4.97. The van der Waals surface area contributed by atoms with E-state index in [4.69, 9.17) is 11.5 Å². The van der Waals surface area contributed by atoms with Crippen molar-refractivity contribution < 1.29 is 19.8 Å². The lowest BCUT2D eigenvalue weighted by atomic mass is 10.2. The van der Waals surface area contributed by atoms with Crippen LogP contribution in [0.4, 0.5) is 10.5 Å². The minimum atomic E-state index is -1.24. The zero-order valence-corrected chi connectivity index (χ0v) is 9.67. The SMILES string of the molecule is C#CCN(C)C(=O)Nc1ccc(C(=O)O)c(O)c1. The molecule has 0 fully saturated rings. The van der Waals surface area contributed by atoms with Crippen molar-refractivity contribution in [2.45, 2.75) is 0 Å². The second-order valence-electron chi connectivity index (χ2n) is 3.53. The summed E-state index contributed by atoms with van der Waals surface area (Å²) in [5.74, 6) is 0.650. The maximum Gasteiger partial charge on any atom is 0.339 e. The zero-order valence-electron chi connectivity index (χ0n) is 9.67. The Bertz CT molecular complexity index is 519. The molecule has 2 amide bonds. The molecular weight excluding hydrogens is 236 g/mol. The largest absolute Gasteiger partial charge is 0.507 e. The van der Waals surface area contributed by atoms with Crippen molar-refractivity contribution in [1.29, 1.82) is 0 Å². The van der Waals surface area contributed by atoms with Crippen molar-refractivity contribution in [2.24, 2.45) is 0 Å². The maximum absolute atomic E-state index is 11.6. The first-order valence-electron chi connectivity index (χ1n) is 4.97. The van der Waals surface area contributed by atoms with Crippen LogP contribution in [0.5, 0.6) is 5.75 Å². The average Bonchev–Trinajstić information content (AvgIpc) is 2.28. The molecule has 18 heavy (non-hydrogen) atoms. The lowest BCUT2D eigenvalue weighted by molar-refractivity contribution is 0.0694. The summed E-state index contributed by atoms with van der Waals surface area (Å²) in [5, 5.41) is 20.6. The number of aromatic carboxylic acids is 1. The van der Waals surface area contributed by atoms with E-state index in [0.717, 1.165) is 6.07 Å². The Hall–Kier alpha value is -2.68. The number of carboxylic acids is 1. The number of carbonyl (C=O) groups excluding carboxylic acids is 1. The molecule has 6 heteroatoms. The third-order valence-corrected chi connectivity index (χ3v) is 2.15. The molecule has 0 saturated carbocycles. The molecule has 94 valence electrons.